The maximum atomic E-state index is 5.91. The third-order valence-electron chi connectivity index (χ3n) is 4.02. The summed E-state index contributed by atoms with van der Waals surface area (Å²) in [6, 6.07) is 8.99. The monoisotopic (exact) mass is 246 g/mol. The number of anilines is 1. The number of hydrogen-bond donors (Lipinski definition) is 2. The second kappa shape index (κ2) is 6.79. The first-order chi connectivity index (χ1) is 8.78. The Labute approximate surface area is 111 Å². The van der Waals surface area contributed by atoms with Crippen LogP contribution in [-0.4, -0.2) is 12.6 Å². The smallest absolute Gasteiger partial charge is 0.0386 e. The number of aryl methyl sites for hydroxylation is 1. The van der Waals surface area contributed by atoms with E-state index in [4.69, 9.17) is 5.73 Å². The molecule has 2 rings (SSSR count). The highest BCUT2D eigenvalue weighted by Crippen LogP contribution is 2.28. The predicted molar refractivity (Wildman–Crippen MR) is 78.8 cm³/mol. The summed E-state index contributed by atoms with van der Waals surface area (Å²) in [6.45, 7) is 2.86. The number of nitrogens with two attached hydrogens (primary N) is 1. The Kier molecular flexibility index (Phi) is 5.06. The van der Waals surface area contributed by atoms with Gasteiger partial charge in [-0.1, -0.05) is 44.2 Å². The molecular formula is C16H26N2. The van der Waals surface area contributed by atoms with Crippen LogP contribution in [0.25, 0.3) is 0 Å². The zero-order chi connectivity index (χ0) is 12.8. The van der Waals surface area contributed by atoms with Crippen molar-refractivity contribution >= 4 is 5.69 Å². The highest BCUT2D eigenvalue weighted by atomic mass is 14.9. The molecule has 0 amide bonds. The first-order valence-electron chi connectivity index (χ1n) is 7.31. The van der Waals surface area contributed by atoms with Crippen molar-refractivity contribution in [3.05, 3.63) is 29.8 Å². The second-order valence-electron chi connectivity index (χ2n) is 5.69. The molecule has 1 atom stereocenters. The van der Waals surface area contributed by atoms with Gasteiger partial charge in [-0.15, -0.1) is 0 Å². The van der Waals surface area contributed by atoms with Crippen LogP contribution in [0.3, 0.4) is 0 Å². The molecule has 0 bridgehead atoms. The summed E-state index contributed by atoms with van der Waals surface area (Å²) in [4.78, 5) is 0. The lowest BCUT2D eigenvalue weighted by atomic mass is 9.85. The van der Waals surface area contributed by atoms with Gasteiger partial charge in [-0.3, -0.25) is 0 Å². The summed E-state index contributed by atoms with van der Waals surface area (Å²) in [5, 5.41) is 3.59. The lowest BCUT2D eigenvalue weighted by Gasteiger charge is -2.27. The lowest BCUT2D eigenvalue weighted by molar-refractivity contribution is 0.324. The van der Waals surface area contributed by atoms with Gasteiger partial charge in [0.05, 0.1) is 0 Å². The van der Waals surface area contributed by atoms with Crippen LogP contribution in [0.5, 0.6) is 0 Å². The van der Waals surface area contributed by atoms with Crippen LogP contribution in [-0.2, 0) is 0 Å². The average Bonchev–Trinajstić information content (AvgIpc) is 2.39. The summed E-state index contributed by atoms with van der Waals surface area (Å²) in [5.74, 6) is 0.879. The normalized spacial score (nSPS) is 18.6. The van der Waals surface area contributed by atoms with E-state index < -0.39 is 0 Å². The molecule has 1 aromatic carbocycles. The van der Waals surface area contributed by atoms with Crippen LogP contribution in [0.4, 0.5) is 5.69 Å². The van der Waals surface area contributed by atoms with Gasteiger partial charge < -0.3 is 11.1 Å². The van der Waals surface area contributed by atoms with Gasteiger partial charge in [-0.25, -0.2) is 0 Å². The quantitative estimate of drug-likeness (QED) is 0.831. The molecule has 2 nitrogen and oxygen atoms in total. The molecule has 100 valence electrons. The molecule has 2 heteroatoms. The minimum Gasteiger partial charge on any atom is -0.381 e. The second-order valence-corrected chi connectivity index (χ2v) is 5.69. The van der Waals surface area contributed by atoms with E-state index in [1.807, 2.05) is 0 Å². The van der Waals surface area contributed by atoms with Crippen molar-refractivity contribution in [3.63, 3.8) is 0 Å². The Balaban J connectivity index is 1.88. The van der Waals surface area contributed by atoms with Crippen molar-refractivity contribution in [1.82, 2.24) is 0 Å². The molecule has 0 radical (unpaired) electrons. The Bertz CT molecular complexity index is 356. The van der Waals surface area contributed by atoms with Crippen molar-refractivity contribution in [2.24, 2.45) is 11.7 Å². The Hall–Kier alpha value is -1.02. The average molecular weight is 246 g/mol. The van der Waals surface area contributed by atoms with Gasteiger partial charge in [0, 0.05) is 18.3 Å². The van der Waals surface area contributed by atoms with Crippen molar-refractivity contribution in [2.45, 2.75) is 51.5 Å². The SMILES string of the molecule is Cc1cccc(NC(CN)CC2CCCCC2)c1. The number of nitrogens with one attached hydrogen (secondary N) is 1. The topological polar surface area (TPSA) is 38.0 Å². The minimum atomic E-state index is 0.426. The maximum absolute atomic E-state index is 5.91. The fraction of sp³-hybridized carbons (Fsp3) is 0.625. The molecule has 1 unspecified atom stereocenters. The standard InChI is InChI=1S/C16H26N2/c1-13-6-5-9-15(10-13)18-16(12-17)11-14-7-3-2-4-8-14/h5-6,9-10,14,16,18H,2-4,7-8,11-12,17H2,1H3. The molecule has 1 aliphatic carbocycles. The van der Waals surface area contributed by atoms with Crippen LogP contribution in [0.1, 0.15) is 44.1 Å². The molecule has 0 aromatic heterocycles. The van der Waals surface area contributed by atoms with Crippen LogP contribution < -0.4 is 11.1 Å². The Morgan fingerprint density at radius 3 is 2.72 bits per heavy atom. The third-order valence-corrected chi connectivity index (χ3v) is 4.02. The highest BCUT2D eigenvalue weighted by Gasteiger charge is 2.18. The van der Waals surface area contributed by atoms with Gasteiger partial charge in [0.25, 0.3) is 0 Å². The summed E-state index contributed by atoms with van der Waals surface area (Å²) in [6.07, 6.45) is 8.26. The number of benzene rings is 1. The summed E-state index contributed by atoms with van der Waals surface area (Å²) in [7, 11) is 0. The first-order valence-corrected chi connectivity index (χ1v) is 7.31. The summed E-state index contributed by atoms with van der Waals surface area (Å²) < 4.78 is 0. The van der Waals surface area contributed by atoms with Crippen LogP contribution >= 0.6 is 0 Å². The predicted octanol–water partition coefficient (Wildman–Crippen LogP) is 3.70. The molecule has 0 saturated heterocycles. The summed E-state index contributed by atoms with van der Waals surface area (Å²) in [5.41, 5.74) is 8.42. The van der Waals surface area contributed by atoms with Gasteiger partial charge in [-0.05, 0) is 37.0 Å². The van der Waals surface area contributed by atoms with E-state index in [-0.39, 0.29) is 0 Å². The van der Waals surface area contributed by atoms with E-state index in [0.29, 0.717) is 6.04 Å². The molecule has 1 fully saturated rings. The summed E-state index contributed by atoms with van der Waals surface area (Å²) >= 11 is 0. The maximum Gasteiger partial charge on any atom is 0.0386 e. The zero-order valence-corrected chi connectivity index (χ0v) is 11.5. The van der Waals surface area contributed by atoms with Gasteiger partial charge >= 0.3 is 0 Å². The number of rotatable bonds is 5. The van der Waals surface area contributed by atoms with Gasteiger partial charge in [0.2, 0.25) is 0 Å². The van der Waals surface area contributed by atoms with Crippen molar-refractivity contribution in [2.75, 3.05) is 11.9 Å². The molecular weight excluding hydrogens is 220 g/mol. The molecule has 1 aromatic rings. The van der Waals surface area contributed by atoms with E-state index in [0.717, 1.165) is 12.5 Å². The fourth-order valence-corrected chi connectivity index (χ4v) is 3.01. The van der Waals surface area contributed by atoms with Crippen LogP contribution in [0.2, 0.25) is 0 Å². The van der Waals surface area contributed by atoms with E-state index in [1.165, 1.54) is 49.8 Å². The Morgan fingerprint density at radius 1 is 1.28 bits per heavy atom. The van der Waals surface area contributed by atoms with Crippen molar-refractivity contribution < 1.29 is 0 Å². The molecule has 18 heavy (non-hydrogen) atoms. The largest absolute Gasteiger partial charge is 0.381 e. The molecule has 0 aliphatic heterocycles. The van der Waals surface area contributed by atoms with Gasteiger partial charge in [0.15, 0.2) is 0 Å². The number of hydrogen-bond acceptors (Lipinski definition) is 2. The van der Waals surface area contributed by atoms with E-state index >= 15 is 0 Å². The van der Waals surface area contributed by atoms with Crippen molar-refractivity contribution in [1.29, 1.82) is 0 Å². The third kappa shape index (κ3) is 4.02. The van der Waals surface area contributed by atoms with Crippen LogP contribution in [0.15, 0.2) is 24.3 Å². The van der Waals surface area contributed by atoms with E-state index in [9.17, 15) is 0 Å². The van der Waals surface area contributed by atoms with Gasteiger partial charge in [-0.2, -0.15) is 0 Å². The highest BCUT2D eigenvalue weighted by molar-refractivity contribution is 5.46. The molecule has 3 N–H and O–H groups in total. The van der Waals surface area contributed by atoms with Crippen molar-refractivity contribution in [3.8, 4) is 0 Å². The minimum absolute atomic E-state index is 0.426. The molecule has 0 heterocycles. The molecule has 0 spiro atoms. The van der Waals surface area contributed by atoms with Crippen LogP contribution in [0, 0.1) is 12.8 Å². The zero-order valence-electron chi connectivity index (χ0n) is 11.5. The lowest BCUT2D eigenvalue weighted by Crippen LogP contribution is -2.31. The fourth-order valence-electron chi connectivity index (χ4n) is 3.01. The Morgan fingerprint density at radius 2 is 2.06 bits per heavy atom. The first kappa shape index (κ1) is 13.4. The molecule has 1 aliphatic rings. The van der Waals surface area contributed by atoms with E-state index in [2.05, 4.69) is 36.5 Å². The molecule has 1 saturated carbocycles. The van der Waals surface area contributed by atoms with Gasteiger partial charge in [0.1, 0.15) is 0 Å². The van der Waals surface area contributed by atoms with E-state index in [1.54, 1.807) is 0 Å².